The monoisotopic (exact) mass is 246 g/mol. The van der Waals surface area contributed by atoms with Crippen LogP contribution in [0.2, 0.25) is 0 Å². The maximum atomic E-state index is 11.8. The van der Waals surface area contributed by atoms with Crippen LogP contribution in [0.3, 0.4) is 0 Å². The van der Waals surface area contributed by atoms with Crippen LogP contribution >= 0.6 is 12.6 Å². The zero-order valence-corrected chi connectivity index (χ0v) is 10.3. The van der Waals surface area contributed by atoms with Gasteiger partial charge in [0.2, 0.25) is 11.8 Å². The summed E-state index contributed by atoms with van der Waals surface area (Å²) in [6.45, 7) is 2.74. The Balaban J connectivity index is 2.38. The highest BCUT2D eigenvalue weighted by atomic mass is 32.1. The molecule has 5 nitrogen and oxygen atoms in total. The Bertz CT molecular complexity index is 254. The lowest BCUT2D eigenvalue weighted by atomic mass is 10.1. The van der Waals surface area contributed by atoms with Crippen LogP contribution in [0.15, 0.2) is 0 Å². The van der Waals surface area contributed by atoms with Crippen molar-refractivity contribution in [2.45, 2.75) is 31.8 Å². The van der Waals surface area contributed by atoms with Crippen LogP contribution in [0.4, 0.5) is 0 Å². The molecule has 0 aliphatic carbocycles. The highest BCUT2D eigenvalue weighted by Crippen LogP contribution is 2.06. The topological polar surface area (TPSA) is 67.4 Å². The molecular formula is C10H18N2O3S. The predicted molar refractivity (Wildman–Crippen MR) is 63.4 cm³/mol. The molecule has 1 rings (SSSR count). The van der Waals surface area contributed by atoms with E-state index in [9.17, 15) is 9.59 Å². The summed E-state index contributed by atoms with van der Waals surface area (Å²) in [6.07, 6.45) is 1.65. The Kier molecular flexibility index (Phi) is 5.62. The minimum Gasteiger partial charge on any atom is -0.381 e. The standard InChI is InChI=1S/C10H18N2O3S/c1-7(13)11-9(6-16)10(14)12-8-2-4-15-5-3-8/h8-9,16H,2-6H2,1H3,(H,11,13)(H,12,14). The van der Waals surface area contributed by atoms with Crippen molar-refractivity contribution in [2.24, 2.45) is 0 Å². The first-order valence-electron chi connectivity index (χ1n) is 5.39. The van der Waals surface area contributed by atoms with Gasteiger partial charge in [0.05, 0.1) is 0 Å². The van der Waals surface area contributed by atoms with Gasteiger partial charge in [-0.3, -0.25) is 9.59 Å². The van der Waals surface area contributed by atoms with Crippen LogP contribution in [-0.2, 0) is 14.3 Å². The molecule has 0 saturated carbocycles. The normalized spacial score (nSPS) is 18.9. The Morgan fingerprint density at radius 2 is 2.06 bits per heavy atom. The van der Waals surface area contributed by atoms with E-state index in [1.165, 1.54) is 6.92 Å². The molecule has 6 heteroatoms. The van der Waals surface area contributed by atoms with E-state index in [-0.39, 0.29) is 17.9 Å². The lowest BCUT2D eigenvalue weighted by molar-refractivity contribution is -0.128. The molecule has 1 saturated heterocycles. The maximum absolute atomic E-state index is 11.8. The van der Waals surface area contributed by atoms with Crippen molar-refractivity contribution in [3.05, 3.63) is 0 Å². The first kappa shape index (κ1) is 13.3. The number of amides is 2. The number of rotatable bonds is 4. The molecule has 0 bridgehead atoms. The van der Waals surface area contributed by atoms with E-state index in [1.807, 2.05) is 0 Å². The molecule has 2 amide bonds. The minimum absolute atomic E-state index is 0.150. The van der Waals surface area contributed by atoms with Crippen molar-refractivity contribution >= 4 is 24.4 Å². The first-order valence-corrected chi connectivity index (χ1v) is 6.03. The largest absolute Gasteiger partial charge is 0.381 e. The summed E-state index contributed by atoms with van der Waals surface area (Å²) in [5, 5.41) is 5.45. The van der Waals surface area contributed by atoms with Gasteiger partial charge in [-0.05, 0) is 12.8 Å². The van der Waals surface area contributed by atoms with E-state index in [0.29, 0.717) is 19.0 Å². The second-order valence-corrected chi connectivity index (χ2v) is 4.20. The Hall–Kier alpha value is -0.750. The molecule has 0 aromatic rings. The number of thiol groups is 1. The van der Waals surface area contributed by atoms with Gasteiger partial charge in [-0.2, -0.15) is 12.6 Å². The lowest BCUT2D eigenvalue weighted by Crippen LogP contribution is -2.51. The van der Waals surface area contributed by atoms with Gasteiger partial charge in [0.1, 0.15) is 6.04 Å². The third-order valence-corrected chi connectivity index (χ3v) is 2.81. The fraction of sp³-hybridized carbons (Fsp3) is 0.800. The number of carbonyl (C=O) groups excluding carboxylic acids is 2. The molecule has 16 heavy (non-hydrogen) atoms. The molecule has 0 aromatic heterocycles. The van der Waals surface area contributed by atoms with Crippen molar-refractivity contribution in [3.8, 4) is 0 Å². The summed E-state index contributed by atoms with van der Waals surface area (Å²) in [5.41, 5.74) is 0. The van der Waals surface area contributed by atoms with Crippen LogP contribution in [0.5, 0.6) is 0 Å². The smallest absolute Gasteiger partial charge is 0.243 e. The van der Waals surface area contributed by atoms with Crippen LogP contribution in [0, 0.1) is 0 Å². The molecular weight excluding hydrogens is 228 g/mol. The van der Waals surface area contributed by atoms with Crippen LogP contribution in [0.25, 0.3) is 0 Å². The number of hydrogen-bond donors (Lipinski definition) is 3. The fourth-order valence-corrected chi connectivity index (χ4v) is 1.84. The number of nitrogens with one attached hydrogen (secondary N) is 2. The molecule has 1 atom stereocenters. The molecule has 0 radical (unpaired) electrons. The van der Waals surface area contributed by atoms with Crippen LogP contribution in [-0.4, -0.2) is 42.9 Å². The summed E-state index contributed by atoms with van der Waals surface area (Å²) < 4.78 is 5.20. The van der Waals surface area contributed by atoms with E-state index in [0.717, 1.165) is 12.8 Å². The second-order valence-electron chi connectivity index (χ2n) is 3.83. The summed E-state index contributed by atoms with van der Waals surface area (Å²) >= 11 is 4.05. The third kappa shape index (κ3) is 4.40. The number of ether oxygens (including phenoxy) is 1. The highest BCUT2D eigenvalue weighted by molar-refractivity contribution is 7.80. The van der Waals surface area contributed by atoms with Gasteiger partial charge in [-0.25, -0.2) is 0 Å². The van der Waals surface area contributed by atoms with E-state index < -0.39 is 6.04 Å². The predicted octanol–water partition coefficient (Wildman–Crippen LogP) is -0.284. The molecule has 1 fully saturated rings. The van der Waals surface area contributed by atoms with Crippen molar-refractivity contribution in [3.63, 3.8) is 0 Å². The zero-order valence-electron chi connectivity index (χ0n) is 9.36. The minimum atomic E-state index is -0.552. The quantitative estimate of drug-likeness (QED) is 0.597. The molecule has 1 unspecified atom stereocenters. The van der Waals surface area contributed by atoms with E-state index in [2.05, 4.69) is 23.3 Å². The highest BCUT2D eigenvalue weighted by Gasteiger charge is 2.22. The second kappa shape index (κ2) is 6.75. The molecule has 92 valence electrons. The van der Waals surface area contributed by atoms with Gasteiger partial charge in [0.25, 0.3) is 0 Å². The Morgan fingerprint density at radius 3 is 2.56 bits per heavy atom. The Labute approximate surface area is 101 Å². The molecule has 1 aliphatic rings. The van der Waals surface area contributed by atoms with Crippen molar-refractivity contribution in [1.29, 1.82) is 0 Å². The average Bonchev–Trinajstić information content (AvgIpc) is 2.26. The van der Waals surface area contributed by atoms with Crippen molar-refractivity contribution in [2.75, 3.05) is 19.0 Å². The van der Waals surface area contributed by atoms with Gasteiger partial charge in [0, 0.05) is 31.9 Å². The summed E-state index contributed by atoms with van der Waals surface area (Å²) in [6, 6.07) is -0.402. The number of carbonyl (C=O) groups is 2. The van der Waals surface area contributed by atoms with Crippen LogP contribution in [0.1, 0.15) is 19.8 Å². The molecule has 1 heterocycles. The van der Waals surface area contributed by atoms with Gasteiger partial charge in [0.15, 0.2) is 0 Å². The van der Waals surface area contributed by atoms with Gasteiger partial charge in [-0.1, -0.05) is 0 Å². The van der Waals surface area contributed by atoms with Crippen molar-refractivity contribution < 1.29 is 14.3 Å². The Morgan fingerprint density at radius 1 is 1.44 bits per heavy atom. The van der Waals surface area contributed by atoms with Gasteiger partial charge < -0.3 is 15.4 Å². The molecule has 1 aliphatic heterocycles. The molecule has 0 aromatic carbocycles. The summed E-state index contributed by atoms with van der Waals surface area (Å²) in [7, 11) is 0. The molecule has 0 spiro atoms. The zero-order chi connectivity index (χ0) is 12.0. The van der Waals surface area contributed by atoms with Crippen molar-refractivity contribution in [1.82, 2.24) is 10.6 Å². The van der Waals surface area contributed by atoms with Crippen LogP contribution < -0.4 is 10.6 Å². The third-order valence-electron chi connectivity index (χ3n) is 2.44. The van der Waals surface area contributed by atoms with Gasteiger partial charge >= 0.3 is 0 Å². The van der Waals surface area contributed by atoms with Gasteiger partial charge in [-0.15, -0.1) is 0 Å². The van der Waals surface area contributed by atoms with E-state index in [1.54, 1.807) is 0 Å². The summed E-state index contributed by atoms with van der Waals surface area (Å²) in [4.78, 5) is 22.6. The average molecular weight is 246 g/mol. The van der Waals surface area contributed by atoms with E-state index >= 15 is 0 Å². The fourth-order valence-electron chi connectivity index (χ4n) is 1.58. The SMILES string of the molecule is CC(=O)NC(CS)C(=O)NC1CCOCC1. The first-order chi connectivity index (χ1) is 7.63. The number of hydrogen-bond acceptors (Lipinski definition) is 4. The summed E-state index contributed by atoms with van der Waals surface area (Å²) in [5.74, 6) is -0.0903. The lowest BCUT2D eigenvalue weighted by Gasteiger charge is -2.25. The molecule has 2 N–H and O–H groups in total. The van der Waals surface area contributed by atoms with E-state index in [4.69, 9.17) is 4.74 Å². The maximum Gasteiger partial charge on any atom is 0.243 e.